The lowest BCUT2D eigenvalue weighted by molar-refractivity contribution is -0.131. The van der Waals surface area contributed by atoms with Crippen molar-refractivity contribution >= 4 is 33.6 Å². The number of thioether (sulfide) groups is 1. The first-order valence-electron chi connectivity index (χ1n) is 10.9. The molecule has 33 heavy (non-hydrogen) atoms. The Kier molecular flexibility index (Phi) is 8.49. The van der Waals surface area contributed by atoms with Crippen LogP contribution in [0.25, 0.3) is 0 Å². The zero-order chi connectivity index (χ0) is 24.0. The first-order chi connectivity index (χ1) is 15.7. The van der Waals surface area contributed by atoms with Crippen LogP contribution in [0.1, 0.15) is 57.0 Å². The number of hydrogen-bond acceptors (Lipinski definition) is 7. The van der Waals surface area contributed by atoms with Crippen LogP contribution in [0.5, 0.6) is 0 Å². The number of primary sulfonamides is 1. The first kappa shape index (κ1) is 25.2. The molecule has 1 fully saturated rings. The lowest BCUT2D eigenvalue weighted by atomic mass is 10.1. The average molecular weight is 495 g/mol. The predicted molar refractivity (Wildman–Crippen MR) is 125 cm³/mol. The third kappa shape index (κ3) is 6.78. The molecule has 2 aromatic rings. The molecule has 1 aromatic heterocycles. The number of nitrogens with two attached hydrogens (primary N) is 1. The second-order valence-electron chi connectivity index (χ2n) is 7.96. The Bertz CT molecular complexity index is 1080. The van der Waals surface area contributed by atoms with Crippen LogP contribution in [0, 0.1) is 0 Å². The average Bonchev–Trinajstić information content (AvgIpc) is 3.05. The minimum atomic E-state index is -3.75. The predicted octanol–water partition coefficient (Wildman–Crippen LogP) is 1.82. The number of aromatic nitrogens is 3. The number of amides is 2. The number of carbonyl (C=O) groups excluding carboxylic acids is 2. The van der Waals surface area contributed by atoms with Crippen molar-refractivity contribution in [2.45, 2.75) is 68.7 Å². The van der Waals surface area contributed by atoms with E-state index < -0.39 is 10.0 Å². The summed E-state index contributed by atoms with van der Waals surface area (Å²) < 4.78 is 24.7. The van der Waals surface area contributed by atoms with Gasteiger partial charge in [-0.2, -0.15) is 0 Å². The highest BCUT2D eigenvalue weighted by atomic mass is 32.2. The van der Waals surface area contributed by atoms with E-state index in [1.165, 1.54) is 23.9 Å². The van der Waals surface area contributed by atoms with E-state index in [1.807, 2.05) is 23.3 Å². The summed E-state index contributed by atoms with van der Waals surface area (Å²) in [6.07, 6.45) is 3.57. The number of hydrogen-bond donors (Lipinski definition) is 2. The third-order valence-electron chi connectivity index (χ3n) is 5.53. The molecular formula is C21H30N6O4S2. The molecule has 2 heterocycles. The molecule has 180 valence electrons. The monoisotopic (exact) mass is 494 g/mol. The molecule has 0 radical (unpaired) electrons. The topological polar surface area (TPSA) is 140 Å². The van der Waals surface area contributed by atoms with E-state index in [1.54, 1.807) is 12.1 Å². The molecular weight excluding hydrogens is 464 g/mol. The fraction of sp³-hybridized carbons (Fsp3) is 0.524. The van der Waals surface area contributed by atoms with E-state index in [2.05, 4.69) is 15.5 Å². The molecule has 1 aromatic carbocycles. The Hall–Kier alpha value is -2.44. The van der Waals surface area contributed by atoms with Gasteiger partial charge in [-0.05, 0) is 44.4 Å². The SMILES string of the molecule is CCn1c(CN2CCCCCC2=O)nnc1SCC(=O)NC(C)c1ccc(S(N)(=O)=O)cc1. The first-order valence-corrected chi connectivity index (χ1v) is 13.5. The normalized spacial score (nSPS) is 15.8. The quantitative estimate of drug-likeness (QED) is 0.507. The van der Waals surface area contributed by atoms with Crippen molar-refractivity contribution in [3.63, 3.8) is 0 Å². The number of sulfonamides is 1. The fourth-order valence-corrected chi connectivity index (χ4v) is 5.03. The van der Waals surface area contributed by atoms with E-state index in [9.17, 15) is 18.0 Å². The van der Waals surface area contributed by atoms with Crippen LogP contribution in [0.3, 0.4) is 0 Å². The molecule has 1 unspecified atom stereocenters. The second-order valence-corrected chi connectivity index (χ2v) is 10.5. The number of rotatable bonds is 9. The van der Waals surface area contributed by atoms with Gasteiger partial charge in [0.2, 0.25) is 21.8 Å². The summed E-state index contributed by atoms with van der Waals surface area (Å²) in [5.41, 5.74) is 0.766. The molecule has 0 bridgehead atoms. The van der Waals surface area contributed by atoms with Gasteiger partial charge in [-0.1, -0.05) is 30.3 Å². The van der Waals surface area contributed by atoms with Crippen molar-refractivity contribution in [1.82, 2.24) is 25.0 Å². The van der Waals surface area contributed by atoms with Crippen LogP contribution in [-0.2, 0) is 32.7 Å². The summed E-state index contributed by atoms with van der Waals surface area (Å²) in [4.78, 5) is 26.6. The lowest BCUT2D eigenvalue weighted by Crippen LogP contribution is -2.31. The summed E-state index contributed by atoms with van der Waals surface area (Å²) in [6, 6.07) is 5.79. The summed E-state index contributed by atoms with van der Waals surface area (Å²) in [6.45, 7) is 5.60. The molecule has 2 amide bonds. The van der Waals surface area contributed by atoms with Gasteiger partial charge in [0.05, 0.1) is 23.2 Å². The van der Waals surface area contributed by atoms with E-state index in [0.717, 1.165) is 37.2 Å². The molecule has 10 nitrogen and oxygen atoms in total. The smallest absolute Gasteiger partial charge is 0.238 e. The highest BCUT2D eigenvalue weighted by molar-refractivity contribution is 7.99. The van der Waals surface area contributed by atoms with Crippen molar-refractivity contribution < 1.29 is 18.0 Å². The van der Waals surface area contributed by atoms with Crippen LogP contribution >= 0.6 is 11.8 Å². The number of nitrogens with zero attached hydrogens (tertiary/aromatic N) is 4. The highest BCUT2D eigenvalue weighted by Crippen LogP contribution is 2.21. The van der Waals surface area contributed by atoms with Crippen LogP contribution in [0.4, 0.5) is 0 Å². The van der Waals surface area contributed by atoms with Crippen LogP contribution in [0.15, 0.2) is 34.3 Å². The van der Waals surface area contributed by atoms with Crippen molar-refractivity contribution in [2.75, 3.05) is 12.3 Å². The van der Waals surface area contributed by atoms with Crippen molar-refractivity contribution in [3.8, 4) is 0 Å². The Morgan fingerprint density at radius 3 is 2.61 bits per heavy atom. The molecule has 3 rings (SSSR count). The van der Waals surface area contributed by atoms with E-state index >= 15 is 0 Å². The van der Waals surface area contributed by atoms with Crippen molar-refractivity contribution in [2.24, 2.45) is 5.14 Å². The van der Waals surface area contributed by atoms with Crippen LogP contribution < -0.4 is 10.5 Å². The van der Waals surface area contributed by atoms with Gasteiger partial charge >= 0.3 is 0 Å². The van der Waals surface area contributed by atoms with Gasteiger partial charge in [0.25, 0.3) is 0 Å². The Morgan fingerprint density at radius 1 is 1.21 bits per heavy atom. The maximum atomic E-state index is 12.5. The number of likely N-dealkylation sites (tertiary alicyclic amines) is 1. The number of carbonyl (C=O) groups is 2. The van der Waals surface area contributed by atoms with Gasteiger partial charge in [0.1, 0.15) is 0 Å². The third-order valence-corrected chi connectivity index (χ3v) is 7.43. The minimum Gasteiger partial charge on any atom is -0.349 e. The molecule has 1 aliphatic heterocycles. The van der Waals surface area contributed by atoms with E-state index in [-0.39, 0.29) is 28.5 Å². The highest BCUT2D eigenvalue weighted by Gasteiger charge is 2.21. The standard InChI is InChI=1S/C21H30N6O4S2/c1-3-27-18(13-26-12-6-4-5-7-20(26)29)24-25-21(27)32-14-19(28)23-15(2)16-8-10-17(11-9-16)33(22,30)31/h8-11,15H,3-7,12-14H2,1-2H3,(H,23,28)(H2,22,30,31). The zero-order valence-electron chi connectivity index (χ0n) is 18.9. The van der Waals surface area contributed by atoms with E-state index in [0.29, 0.717) is 24.7 Å². The Labute approximate surface area is 198 Å². The summed E-state index contributed by atoms with van der Waals surface area (Å²) in [5, 5.41) is 17.1. The van der Waals surface area contributed by atoms with Gasteiger partial charge < -0.3 is 14.8 Å². The maximum absolute atomic E-state index is 12.5. The Morgan fingerprint density at radius 2 is 1.94 bits per heavy atom. The van der Waals surface area contributed by atoms with Gasteiger partial charge in [0.15, 0.2) is 11.0 Å². The number of benzene rings is 1. The fourth-order valence-electron chi connectivity index (χ4n) is 3.68. The Balaban J connectivity index is 1.57. The molecule has 1 atom stereocenters. The summed E-state index contributed by atoms with van der Waals surface area (Å²) in [5.74, 6) is 0.843. The largest absolute Gasteiger partial charge is 0.349 e. The molecule has 0 saturated carbocycles. The van der Waals surface area contributed by atoms with Gasteiger partial charge in [-0.25, -0.2) is 13.6 Å². The molecule has 1 saturated heterocycles. The van der Waals surface area contributed by atoms with Crippen LogP contribution in [-0.4, -0.2) is 52.2 Å². The summed E-state index contributed by atoms with van der Waals surface area (Å²) >= 11 is 1.29. The van der Waals surface area contributed by atoms with Crippen molar-refractivity contribution in [1.29, 1.82) is 0 Å². The molecule has 12 heteroatoms. The van der Waals surface area contributed by atoms with Crippen LogP contribution in [0.2, 0.25) is 0 Å². The van der Waals surface area contributed by atoms with Gasteiger partial charge in [-0.3, -0.25) is 9.59 Å². The number of nitrogens with one attached hydrogen (secondary N) is 1. The molecule has 1 aliphatic rings. The van der Waals surface area contributed by atoms with Gasteiger partial charge in [-0.15, -0.1) is 10.2 Å². The maximum Gasteiger partial charge on any atom is 0.238 e. The minimum absolute atomic E-state index is 0.0249. The molecule has 3 N–H and O–H groups in total. The van der Waals surface area contributed by atoms with Gasteiger partial charge in [0, 0.05) is 19.5 Å². The second kappa shape index (κ2) is 11.1. The van der Waals surface area contributed by atoms with Crippen molar-refractivity contribution in [3.05, 3.63) is 35.7 Å². The lowest BCUT2D eigenvalue weighted by Gasteiger charge is -2.20. The molecule has 0 aliphatic carbocycles. The van der Waals surface area contributed by atoms with E-state index in [4.69, 9.17) is 5.14 Å². The summed E-state index contributed by atoms with van der Waals surface area (Å²) in [7, 11) is -3.75. The zero-order valence-corrected chi connectivity index (χ0v) is 20.5. The molecule has 0 spiro atoms.